The summed E-state index contributed by atoms with van der Waals surface area (Å²) in [6, 6.07) is 14.7. The lowest BCUT2D eigenvalue weighted by atomic mass is 10.0. The maximum Gasteiger partial charge on any atom is 0.124 e. The number of rotatable bonds is 1. The zero-order chi connectivity index (χ0) is 14.5. The van der Waals surface area contributed by atoms with Crippen LogP contribution in [-0.4, -0.2) is 4.98 Å². The van der Waals surface area contributed by atoms with Gasteiger partial charge in [0.1, 0.15) is 5.01 Å². The molecule has 1 aliphatic carbocycles. The lowest BCUT2D eigenvalue weighted by molar-refractivity contribution is 1.27. The van der Waals surface area contributed by atoms with Crippen LogP contribution < -0.4 is 10.6 Å². The van der Waals surface area contributed by atoms with Crippen LogP contribution in [0.4, 0.5) is 0 Å². The first-order valence-electron chi connectivity index (χ1n) is 7.34. The molecule has 0 saturated heterocycles. The van der Waals surface area contributed by atoms with Gasteiger partial charge in [-0.15, -0.1) is 11.3 Å². The number of allylic oxidation sites excluding steroid dienone is 4. The molecule has 0 spiro atoms. The fourth-order valence-corrected chi connectivity index (χ4v) is 4.03. The van der Waals surface area contributed by atoms with Crippen molar-refractivity contribution in [1.29, 1.82) is 0 Å². The first-order valence-corrected chi connectivity index (χ1v) is 8.15. The van der Waals surface area contributed by atoms with E-state index in [-0.39, 0.29) is 0 Å². The summed E-state index contributed by atoms with van der Waals surface area (Å²) in [7, 11) is 0. The summed E-state index contributed by atoms with van der Waals surface area (Å²) in [5.74, 6) is 0. The number of aromatic nitrogens is 1. The maximum absolute atomic E-state index is 4.79. The summed E-state index contributed by atoms with van der Waals surface area (Å²) in [6.07, 6.45) is 7.34. The normalized spacial score (nSPS) is 15.5. The molecule has 3 heteroatoms. The summed E-state index contributed by atoms with van der Waals surface area (Å²) in [5, 5.41) is 3.40. The fourth-order valence-electron chi connectivity index (χ4n) is 3.03. The Labute approximate surface area is 131 Å². The Kier molecular flexibility index (Phi) is 2.46. The molecule has 1 aromatic heterocycles. The van der Waals surface area contributed by atoms with Crippen LogP contribution in [0.5, 0.6) is 0 Å². The topological polar surface area (TPSA) is 25.2 Å². The quantitative estimate of drug-likeness (QED) is 0.674. The molecular weight excluding hydrogens is 288 g/mol. The maximum atomic E-state index is 4.79. The molecule has 0 fully saturated rings. The zero-order valence-electron chi connectivity index (χ0n) is 11.8. The van der Waals surface area contributed by atoms with Crippen molar-refractivity contribution < 1.29 is 0 Å². The first-order chi connectivity index (χ1) is 10.9. The molecule has 104 valence electrons. The van der Waals surface area contributed by atoms with E-state index < -0.39 is 0 Å². The summed E-state index contributed by atoms with van der Waals surface area (Å²) in [6.45, 7) is 0. The molecule has 0 unspecified atom stereocenters. The number of hydrogen-bond donors (Lipinski definition) is 0. The lowest BCUT2D eigenvalue weighted by Gasteiger charge is -2.03. The summed E-state index contributed by atoms with van der Waals surface area (Å²) < 4.78 is 1.23. The third-order valence-corrected chi connectivity index (χ3v) is 5.18. The highest BCUT2D eigenvalue weighted by Crippen LogP contribution is 2.29. The van der Waals surface area contributed by atoms with E-state index in [9.17, 15) is 0 Å². The van der Waals surface area contributed by atoms with Gasteiger partial charge in [-0.05, 0) is 30.2 Å². The van der Waals surface area contributed by atoms with Crippen LogP contribution >= 0.6 is 11.3 Å². The van der Waals surface area contributed by atoms with Crippen LogP contribution in [0.1, 0.15) is 6.42 Å². The molecule has 0 amide bonds. The average Bonchev–Trinajstić information content (AvgIpc) is 3.14. The van der Waals surface area contributed by atoms with Gasteiger partial charge in [-0.3, -0.25) is 0 Å². The van der Waals surface area contributed by atoms with Gasteiger partial charge in [0.25, 0.3) is 0 Å². The second kappa shape index (κ2) is 4.49. The zero-order valence-corrected chi connectivity index (χ0v) is 12.6. The van der Waals surface area contributed by atoms with E-state index in [1.165, 1.54) is 21.1 Å². The summed E-state index contributed by atoms with van der Waals surface area (Å²) in [5.41, 5.74) is 4.67. The van der Waals surface area contributed by atoms with Crippen LogP contribution in [0.25, 0.3) is 26.4 Å². The van der Waals surface area contributed by atoms with E-state index in [2.05, 4.69) is 54.6 Å². The van der Waals surface area contributed by atoms with Crippen molar-refractivity contribution >= 4 is 27.1 Å². The summed E-state index contributed by atoms with van der Waals surface area (Å²) in [4.78, 5) is 9.54. The van der Waals surface area contributed by atoms with Crippen LogP contribution in [-0.2, 0) is 0 Å². The predicted molar refractivity (Wildman–Crippen MR) is 91.1 cm³/mol. The van der Waals surface area contributed by atoms with E-state index in [1.54, 1.807) is 11.3 Å². The van der Waals surface area contributed by atoms with Crippen molar-refractivity contribution in [3.63, 3.8) is 0 Å². The van der Waals surface area contributed by atoms with Crippen molar-refractivity contribution in [2.24, 2.45) is 4.99 Å². The molecule has 1 aliphatic heterocycles. The van der Waals surface area contributed by atoms with Crippen molar-refractivity contribution in [2.75, 3.05) is 0 Å². The number of benzene rings is 2. The van der Waals surface area contributed by atoms with E-state index in [0.717, 1.165) is 28.0 Å². The van der Waals surface area contributed by atoms with Gasteiger partial charge in [-0.2, -0.15) is 0 Å². The molecule has 0 saturated carbocycles. The Morgan fingerprint density at radius 2 is 1.95 bits per heavy atom. The Morgan fingerprint density at radius 3 is 2.86 bits per heavy atom. The van der Waals surface area contributed by atoms with E-state index in [4.69, 9.17) is 9.98 Å². The van der Waals surface area contributed by atoms with Crippen molar-refractivity contribution in [3.8, 4) is 10.6 Å². The highest BCUT2D eigenvalue weighted by Gasteiger charge is 2.15. The van der Waals surface area contributed by atoms with Gasteiger partial charge in [0.05, 0.1) is 21.3 Å². The average molecular weight is 300 g/mol. The van der Waals surface area contributed by atoms with Gasteiger partial charge < -0.3 is 0 Å². The predicted octanol–water partition coefficient (Wildman–Crippen LogP) is 3.59. The van der Waals surface area contributed by atoms with Gasteiger partial charge in [-0.25, -0.2) is 9.98 Å². The van der Waals surface area contributed by atoms with Gasteiger partial charge in [0.2, 0.25) is 0 Å². The Hall–Kier alpha value is -2.52. The Bertz CT molecular complexity index is 1090. The number of nitrogens with zero attached hydrogens (tertiary/aromatic N) is 2. The molecule has 2 aromatic carbocycles. The molecule has 0 radical (unpaired) electrons. The third kappa shape index (κ3) is 1.72. The second-order valence-electron chi connectivity index (χ2n) is 5.50. The Morgan fingerprint density at radius 1 is 1.05 bits per heavy atom. The first kappa shape index (κ1) is 12.1. The molecule has 0 N–H and O–H groups in total. The van der Waals surface area contributed by atoms with Crippen molar-refractivity contribution in [1.82, 2.24) is 4.98 Å². The van der Waals surface area contributed by atoms with Gasteiger partial charge >= 0.3 is 0 Å². The van der Waals surface area contributed by atoms with E-state index in [1.807, 2.05) is 6.07 Å². The molecule has 3 aromatic rings. The Balaban J connectivity index is 1.77. The van der Waals surface area contributed by atoms with Crippen LogP contribution in [0.15, 0.2) is 71.4 Å². The molecule has 2 heterocycles. The molecular formula is C19H12N2S. The monoisotopic (exact) mass is 300 g/mol. The standard InChI is InChI=1S/C19H12N2S/c1-2-6-12(7-3-1)19-21-17-11-16-14(10-18(17)22-19)13-8-4-5-9-15(13)20-16/h1-7,9-11H,8H2. The van der Waals surface area contributed by atoms with Crippen LogP contribution in [0, 0.1) is 0 Å². The smallest absolute Gasteiger partial charge is 0.124 e. The minimum atomic E-state index is 0.970. The van der Waals surface area contributed by atoms with Gasteiger partial charge in [-0.1, -0.05) is 42.5 Å². The largest absolute Gasteiger partial charge is 0.248 e. The number of thiazole rings is 1. The lowest BCUT2D eigenvalue weighted by Crippen LogP contribution is -2.22. The second-order valence-corrected chi connectivity index (χ2v) is 6.53. The van der Waals surface area contributed by atoms with E-state index >= 15 is 0 Å². The molecule has 22 heavy (non-hydrogen) atoms. The number of fused-ring (bicyclic) bond motifs is 3. The third-order valence-electron chi connectivity index (χ3n) is 4.11. The molecule has 2 nitrogen and oxygen atoms in total. The highest BCUT2D eigenvalue weighted by molar-refractivity contribution is 7.21. The van der Waals surface area contributed by atoms with E-state index in [0.29, 0.717) is 0 Å². The van der Waals surface area contributed by atoms with Crippen molar-refractivity contribution in [2.45, 2.75) is 6.42 Å². The SMILES string of the molecule is C1=CCC2=c3cc4sc(-c5ccccc5)nc4cc3=NC2=C1. The molecule has 5 rings (SSSR count). The van der Waals surface area contributed by atoms with Crippen LogP contribution in [0.2, 0.25) is 0 Å². The molecule has 2 aliphatic rings. The summed E-state index contributed by atoms with van der Waals surface area (Å²) >= 11 is 1.75. The minimum absolute atomic E-state index is 0.970. The van der Waals surface area contributed by atoms with Crippen LogP contribution in [0.3, 0.4) is 0 Å². The highest BCUT2D eigenvalue weighted by atomic mass is 32.1. The van der Waals surface area contributed by atoms with Crippen molar-refractivity contribution in [3.05, 3.63) is 77.0 Å². The molecule has 0 bridgehead atoms. The number of hydrogen-bond acceptors (Lipinski definition) is 3. The fraction of sp³-hybridized carbons (Fsp3) is 0.0526. The molecule has 0 atom stereocenters. The van der Waals surface area contributed by atoms with Gasteiger partial charge in [0, 0.05) is 10.8 Å². The van der Waals surface area contributed by atoms with Gasteiger partial charge in [0.15, 0.2) is 0 Å². The minimum Gasteiger partial charge on any atom is -0.248 e.